The van der Waals surface area contributed by atoms with Crippen molar-refractivity contribution in [1.82, 2.24) is 9.97 Å². The zero-order valence-electron chi connectivity index (χ0n) is 7.19. The Bertz CT molecular complexity index is 405. The van der Waals surface area contributed by atoms with Gasteiger partial charge in [-0.25, -0.2) is 4.98 Å². The fourth-order valence-electron chi connectivity index (χ4n) is 1.04. The van der Waals surface area contributed by atoms with Gasteiger partial charge in [0.2, 0.25) is 0 Å². The molecule has 0 radical (unpaired) electrons. The number of nitrogens with zero attached hydrogens (tertiary/aromatic N) is 2. The Morgan fingerprint density at radius 3 is 2.69 bits per heavy atom. The molecule has 0 aromatic carbocycles. The van der Waals surface area contributed by atoms with E-state index < -0.39 is 0 Å². The first-order chi connectivity index (χ1) is 6.25. The van der Waals surface area contributed by atoms with Crippen molar-refractivity contribution in [2.24, 2.45) is 0 Å². The molecular formula is C9H9N3S. The van der Waals surface area contributed by atoms with E-state index >= 15 is 0 Å². The number of thiazole rings is 1. The largest absolute Gasteiger partial charge is 0.397 e. The van der Waals surface area contributed by atoms with Crippen LogP contribution in [0, 0.1) is 6.92 Å². The van der Waals surface area contributed by atoms with Gasteiger partial charge in [-0.3, -0.25) is 4.98 Å². The Hall–Kier alpha value is -1.42. The second kappa shape index (κ2) is 3.14. The average molecular weight is 191 g/mol. The molecule has 2 aromatic rings. The van der Waals surface area contributed by atoms with Gasteiger partial charge in [0.15, 0.2) is 0 Å². The minimum Gasteiger partial charge on any atom is -0.397 e. The second-order valence-corrected chi connectivity index (χ2v) is 3.79. The monoisotopic (exact) mass is 191 g/mol. The SMILES string of the molecule is Cc1nc(-c2ccc(N)cn2)cs1. The summed E-state index contributed by atoms with van der Waals surface area (Å²) >= 11 is 1.62. The molecule has 0 atom stereocenters. The second-order valence-electron chi connectivity index (χ2n) is 2.73. The molecular weight excluding hydrogens is 182 g/mol. The maximum atomic E-state index is 5.53. The van der Waals surface area contributed by atoms with Gasteiger partial charge < -0.3 is 5.73 Å². The first-order valence-electron chi connectivity index (χ1n) is 3.90. The summed E-state index contributed by atoms with van der Waals surface area (Å²) in [5, 5.41) is 3.04. The minimum atomic E-state index is 0.677. The summed E-state index contributed by atoms with van der Waals surface area (Å²) in [4.78, 5) is 8.51. The first-order valence-corrected chi connectivity index (χ1v) is 4.78. The van der Waals surface area contributed by atoms with Gasteiger partial charge in [0, 0.05) is 5.38 Å². The molecule has 3 nitrogen and oxygen atoms in total. The van der Waals surface area contributed by atoms with Gasteiger partial charge in [-0.1, -0.05) is 0 Å². The van der Waals surface area contributed by atoms with Crippen LogP contribution in [0.1, 0.15) is 5.01 Å². The molecule has 0 saturated carbocycles. The molecule has 0 bridgehead atoms. The fourth-order valence-corrected chi connectivity index (χ4v) is 1.64. The molecule has 2 heterocycles. The number of anilines is 1. The smallest absolute Gasteiger partial charge is 0.0998 e. The predicted octanol–water partition coefficient (Wildman–Crippen LogP) is 2.10. The van der Waals surface area contributed by atoms with E-state index in [1.165, 1.54) is 0 Å². The van der Waals surface area contributed by atoms with Crippen LogP contribution < -0.4 is 5.73 Å². The van der Waals surface area contributed by atoms with Gasteiger partial charge in [-0.2, -0.15) is 0 Å². The topological polar surface area (TPSA) is 51.8 Å². The van der Waals surface area contributed by atoms with Gasteiger partial charge in [-0.15, -0.1) is 11.3 Å². The Morgan fingerprint density at radius 2 is 2.15 bits per heavy atom. The number of hydrogen-bond acceptors (Lipinski definition) is 4. The Labute approximate surface area is 80.3 Å². The summed E-state index contributed by atoms with van der Waals surface area (Å²) in [6.45, 7) is 1.98. The van der Waals surface area contributed by atoms with E-state index in [4.69, 9.17) is 5.73 Å². The summed E-state index contributed by atoms with van der Waals surface area (Å²) in [7, 11) is 0. The summed E-state index contributed by atoms with van der Waals surface area (Å²) < 4.78 is 0. The van der Waals surface area contributed by atoms with E-state index in [-0.39, 0.29) is 0 Å². The number of pyridine rings is 1. The molecule has 0 spiro atoms. The third-order valence-electron chi connectivity index (χ3n) is 1.67. The van der Waals surface area contributed by atoms with Crippen LogP contribution in [0.2, 0.25) is 0 Å². The summed E-state index contributed by atoms with van der Waals surface area (Å²) in [6.07, 6.45) is 1.64. The van der Waals surface area contributed by atoms with Gasteiger partial charge in [0.1, 0.15) is 0 Å². The van der Waals surface area contributed by atoms with Crippen molar-refractivity contribution >= 4 is 17.0 Å². The van der Waals surface area contributed by atoms with Crippen LogP contribution in [0.15, 0.2) is 23.7 Å². The molecule has 13 heavy (non-hydrogen) atoms. The molecule has 0 unspecified atom stereocenters. The number of aromatic nitrogens is 2. The molecule has 0 aliphatic heterocycles. The highest BCUT2D eigenvalue weighted by atomic mass is 32.1. The minimum absolute atomic E-state index is 0.677. The number of nitrogens with two attached hydrogens (primary N) is 1. The molecule has 2 aromatic heterocycles. The molecule has 66 valence electrons. The third kappa shape index (κ3) is 1.67. The summed E-state index contributed by atoms with van der Waals surface area (Å²) in [5.74, 6) is 0. The van der Waals surface area contributed by atoms with Crippen molar-refractivity contribution in [3.63, 3.8) is 0 Å². The normalized spacial score (nSPS) is 10.2. The van der Waals surface area contributed by atoms with Crippen LogP contribution in [0.25, 0.3) is 11.4 Å². The lowest BCUT2D eigenvalue weighted by Gasteiger charge is -1.95. The molecule has 2 N–H and O–H groups in total. The van der Waals surface area contributed by atoms with Crippen LogP contribution in [0.3, 0.4) is 0 Å². The van der Waals surface area contributed by atoms with E-state index in [1.54, 1.807) is 17.5 Å². The van der Waals surface area contributed by atoms with Crippen molar-refractivity contribution in [2.75, 3.05) is 5.73 Å². The van der Waals surface area contributed by atoms with E-state index in [0.29, 0.717) is 5.69 Å². The number of hydrogen-bond donors (Lipinski definition) is 1. The highest BCUT2D eigenvalue weighted by Gasteiger charge is 2.01. The predicted molar refractivity (Wildman–Crippen MR) is 54.5 cm³/mol. The molecule has 0 aliphatic rings. The van der Waals surface area contributed by atoms with E-state index in [1.807, 2.05) is 24.4 Å². The lowest BCUT2D eigenvalue weighted by Crippen LogP contribution is -1.88. The lowest BCUT2D eigenvalue weighted by molar-refractivity contribution is 1.24. The average Bonchev–Trinajstić information content (AvgIpc) is 2.53. The number of aryl methyl sites for hydroxylation is 1. The summed E-state index contributed by atoms with van der Waals surface area (Å²) in [5.41, 5.74) is 8.00. The van der Waals surface area contributed by atoms with Crippen molar-refractivity contribution in [2.45, 2.75) is 6.92 Å². The maximum Gasteiger partial charge on any atom is 0.0998 e. The third-order valence-corrected chi connectivity index (χ3v) is 2.44. The Morgan fingerprint density at radius 1 is 1.31 bits per heavy atom. The summed E-state index contributed by atoms with van der Waals surface area (Å²) in [6, 6.07) is 3.71. The molecule has 0 fully saturated rings. The van der Waals surface area contributed by atoms with Gasteiger partial charge in [0.25, 0.3) is 0 Å². The highest BCUT2D eigenvalue weighted by molar-refractivity contribution is 7.09. The zero-order chi connectivity index (χ0) is 9.26. The van der Waals surface area contributed by atoms with Crippen LogP contribution in [-0.2, 0) is 0 Å². The zero-order valence-corrected chi connectivity index (χ0v) is 8.01. The molecule has 0 saturated heterocycles. The maximum absolute atomic E-state index is 5.53. The molecule has 4 heteroatoms. The van der Waals surface area contributed by atoms with Crippen LogP contribution in [0.4, 0.5) is 5.69 Å². The van der Waals surface area contributed by atoms with Crippen molar-refractivity contribution in [1.29, 1.82) is 0 Å². The van der Waals surface area contributed by atoms with Crippen LogP contribution in [0.5, 0.6) is 0 Å². The van der Waals surface area contributed by atoms with Crippen molar-refractivity contribution in [3.8, 4) is 11.4 Å². The van der Waals surface area contributed by atoms with Gasteiger partial charge >= 0.3 is 0 Å². The number of rotatable bonds is 1. The highest BCUT2D eigenvalue weighted by Crippen LogP contribution is 2.19. The Kier molecular flexibility index (Phi) is 1.98. The number of nitrogen functional groups attached to an aromatic ring is 1. The van der Waals surface area contributed by atoms with Crippen LogP contribution in [-0.4, -0.2) is 9.97 Å². The quantitative estimate of drug-likeness (QED) is 0.751. The van der Waals surface area contributed by atoms with Gasteiger partial charge in [-0.05, 0) is 19.1 Å². The molecule has 2 rings (SSSR count). The standard InChI is InChI=1S/C9H9N3S/c1-6-12-9(5-13-6)8-3-2-7(10)4-11-8/h2-5H,10H2,1H3. The van der Waals surface area contributed by atoms with E-state index in [0.717, 1.165) is 16.4 Å². The van der Waals surface area contributed by atoms with Gasteiger partial charge in [0.05, 0.1) is 28.3 Å². The lowest BCUT2D eigenvalue weighted by atomic mass is 10.3. The first kappa shape index (κ1) is 8.19. The van der Waals surface area contributed by atoms with E-state index in [2.05, 4.69) is 9.97 Å². The Balaban J connectivity index is 2.41. The van der Waals surface area contributed by atoms with E-state index in [9.17, 15) is 0 Å². The van der Waals surface area contributed by atoms with Crippen LogP contribution >= 0.6 is 11.3 Å². The van der Waals surface area contributed by atoms with Crippen molar-refractivity contribution in [3.05, 3.63) is 28.7 Å². The van der Waals surface area contributed by atoms with Crippen molar-refractivity contribution < 1.29 is 0 Å². The molecule has 0 amide bonds. The fraction of sp³-hybridized carbons (Fsp3) is 0.111. The molecule has 0 aliphatic carbocycles.